The Balaban J connectivity index is 1.25. The summed E-state index contributed by atoms with van der Waals surface area (Å²) in [5.41, 5.74) is 2.95. The molecular formula is C25H26N4O5. The first kappa shape index (κ1) is 21.8. The highest BCUT2D eigenvalue weighted by atomic mass is 16.5. The molecule has 2 aliphatic rings. The third kappa shape index (κ3) is 4.16. The Hall–Kier alpha value is -4.01. The maximum absolute atomic E-state index is 13.0. The largest absolute Gasteiger partial charge is 0.495 e. The van der Waals surface area contributed by atoms with Crippen LogP contribution in [-0.4, -0.2) is 61.6 Å². The van der Waals surface area contributed by atoms with E-state index in [9.17, 15) is 9.59 Å². The summed E-state index contributed by atoms with van der Waals surface area (Å²) < 4.78 is 16.6. The van der Waals surface area contributed by atoms with Crippen LogP contribution in [0, 0.1) is 6.92 Å². The van der Waals surface area contributed by atoms with Crippen molar-refractivity contribution in [2.24, 2.45) is 0 Å². The fourth-order valence-corrected chi connectivity index (χ4v) is 4.31. The molecule has 0 unspecified atom stereocenters. The SMILES string of the molecule is COc1ccccc1N1CCN(C(=O)c2coc(CN3C(=O)COc4ccc(C)cc43)n2)CC1. The molecule has 3 aromatic rings. The van der Waals surface area contributed by atoms with Gasteiger partial charge >= 0.3 is 0 Å². The van der Waals surface area contributed by atoms with Gasteiger partial charge in [-0.3, -0.25) is 14.5 Å². The van der Waals surface area contributed by atoms with Gasteiger partial charge in [0, 0.05) is 26.2 Å². The minimum atomic E-state index is -0.184. The lowest BCUT2D eigenvalue weighted by atomic mass is 10.1. The van der Waals surface area contributed by atoms with Crippen LogP contribution < -0.4 is 19.3 Å². The van der Waals surface area contributed by atoms with E-state index in [1.165, 1.54) is 6.26 Å². The predicted molar refractivity (Wildman–Crippen MR) is 125 cm³/mol. The molecule has 0 N–H and O–H groups in total. The number of hydrogen-bond acceptors (Lipinski definition) is 7. The fourth-order valence-electron chi connectivity index (χ4n) is 4.31. The number of rotatable bonds is 5. The zero-order valence-electron chi connectivity index (χ0n) is 19.2. The van der Waals surface area contributed by atoms with Crippen LogP contribution in [0.2, 0.25) is 0 Å². The van der Waals surface area contributed by atoms with Crippen LogP contribution in [0.5, 0.6) is 11.5 Å². The molecule has 0 spiro atoms. The van der Waals surface area contributed by atoms with E-state index in [0.717, 1.165) is 17.0 Å². The van der Waals surface area contributed by atoms with Crippen molar-refractivity contribution in [3.05, 3.63) is 65.9 Å². The number of oxazole rings is 1. The zero-order chi connectivity index (χ0) is 23.7. The number of fused-ring (bicyclic) bond motifs is 1. The van der Waals surface area contributed by atoms with Crippen molar-refractivity contribution in [2.45, 2.75) is 13.5 Å². The molecule has 0 atom stereocenters. The molecule has 1 saturated heterocycles. The normalized spacial score (nSPS) is 15.7. The molecular weight excluding hydrogens is 436 g/mol. The van der Waals surface area contributed by atoms with E-state index in [4.69, 9.17) is 13.9 Å². The van der Waals surface area contributed by atoms with E-state index in [2.05, 4.69) is 9.88 Å². The maximum Gasteiger partial charge on any atom is 0.275 e. The van der Waals surface area contributed by atoms with Gasteiger partial charge in [0.1, 0.15) is 24.3 Å². The third-order valence-electron chi connectivity index (χ3n) is 6.11. The number of aryl methyl sites for hydroxylation is 1. The molecule has 0 saturated carbocycles. The van der Waals surface area contributed by atoms with Crippen LogP contribution in [-0.2, 0) is 11.3 Å². The molecule has 1 aromatic heterocycles. The summed E-state index contributed by atoms with van der Waals surface area (Å²) in [6, 6.07) is 13.5. The summed E-state index contributed by atoms with van der Waals surface area (Å²) >= 11 is 0. The molecule has 2 aliphatic heterocycles. The van der Waals surface area contributed by atoms with Crippen LogP contribution in [0.1, 0.15) is 21.9 Å². The van der Waals surface area contributed by atoms with E-state index >= 15 is 0 Å². The van der Waals surface area contributed by atoms with Crippen molar-refractivity contribution in [1.29, 1.82) is 0 Å². The number of benzene rings is 2. The molecule has 5 rings (SSSR count). The zero-order valence-corrected chi connectivity index (χ0v) is 19.2. The highest BCUT2D eigenvalue weighted by molar-refractivity contribution is 5.97. The minimum Gasteiger partial charge on any atom is -0.495 e. The van der Waals surface area contributed by atoms with Gasteiger partial charge in [0.05, 0.1) is 18.5 Å². The second-order valence-corrected chi connectivity index (χ2v) is 8.32. The highest BCUT2D eigenvalue weighted by Gasteiger charge is 2.29. The standard InChI is InChI=1S/C25H26N4O5/c1-17-7-8-22-20(13-17)29(24(30)16-33-22)14-23-26-18(15-34-23)25(31)28-11-9-27(10-12-28)19-5-3-4-6-21(19)32-2/h3-8,13,15H,9-12,14,16H2,1-2H3. The number of carbonyl (C=O) groups excluding carboxylic acids is 2. The highest BCUT2D eigenvalue weighted by Crippen LogP contribution is 2.34. The number of hydrogen-bond donors (Lipinski definition) is 0. The molecule has 0 radical (unpaired) electrons. The Morgan fingerprint density at radius 1 is 1.09 bits per heavy atom. The van der Waals surface area contributed by atoms with Crippen LogP contribution in [0.25, 0.3) is 0 Å². The van der Waals surface area contributed by atoms with Gasteiger partial charge in [-0.15, -0.1) is 0 Å². The Labute approximate surface area is 197 Å². The lowest BCUT2D eigenvalue weighted by Gasteiger charge is -2.36. The number of carbonyl (C=O) groups is 2. The van der Waals surface area contributed by atoms with E-state index in [0.29, 0.717) is 43.5 Å². The quantitative estimate of drug-likeness (QED) is 0.576. The number of aromatic nitrogens is 1. The van der Waals surface area contributed by atoms with Gasteiger partial charge in [-0.25, -0.2) is 4.98 Å². The molecule has 176 valence electrons. The van der Waals surface area contributed by atoms with Crippen molar-refractivity contribution >= 4 is 23.2 Å². The van der Waals surface area contributed by atoms with Crippen molar-refractivity contribution < 1.29 is 23.5 Å². The molecule has 9 heteroatoms. The average Bonchev–Trinajstić information content (AvgIpc) is 3.34. The first-order valence-electron chi connectivity index (χ1n) is 11.2. The number of para-hydroxylation sites is 2. The number of methoxy groups -OCH3 is 1. The summed E-state index contributed by atoms with van der Waals surface area (Å²) in [5, 5.41) is 0. The molecule has 0 bridgehead atoms. The number of anilines is 2. The molecule has 3 heterocycles. The molecule has 9 nitrogen and oxygen atoms in total. The van der Waals surface area contributed by atoms with Crippen LogP contribution in [0.3, 0.4) is 0 Å². The van der Waals surface area contributed by atoms with E-state index in [1.807, 2.05) is 49.4 Å². The number of nitrogens with zero attached hydrogens (tertiary/aromatic N) is 4. The summed E-state index contributed by atoms with van der Waals surface area (Å²) in [4.78, 5) is 35.5. The summed E-state index contributed by atoms with van der Waals surface area (Å²) in [6.07, 6.45) is 1.37. The van der Waals surface area contributed by atoms with Gasteiger partial charge in [-0.05, 0) is 36.8 Å². The predicted octanol–water partition coefficient (Wildman–Crippen LogP) is 2.88. The van der Waals surface area contributed by atoms with Gasteiger partial charge in [-0.2, -0.15) is 0 Å². The Kier molecular flexibility index (Phi) is 5.83. The first-order chi connectivity index (χ1) is 16.5. The topological polar surface area (TPSA) is 88.4 Å². The first-order valence-corrected chi connectivity index (χ1v) is 11.2. The number of ether oxygens (including phenoxy) is 2. The third-order valence-corrected chi connectivity index (χ3v) is 6.11. The van der Waals surface area contributed by atoms with Crippen molar-refractivity contribution in [3.63, 3.8) is 0 Å². The Morgan fingerprint density at radius 2 is 1.88 bits per heavy atom. The number of amides is 2. The second-order valence-electron chi connectivity index (χ2n) is 8.32. The van der Waals surface area contributed by atoms with Crippen LogP contribution in [0.15, 0.2) is 53.1 Å². The number of piperazine rings is 1. The van der Waals surface area contributed by atoms with E-state index in [1.54, 1.807) is 16.9 Å². The summed E-state index contributed by atoms with van der Waals surface area (Å²) in [7, 11) is 1.66. The molecule has 2 aromatic carbocycles. The van der Waals surface area contributed by atoms with Crippen molar-refractivity contribution in [2.75, 3.05) is 49.7 Å². The van der Waals surface area contributed by atoms with Gasteiger partial charge in [0.15, 0.2) is 12.3 Å². The Bertz CT molecular complexity index is 1220. The smallest absolute Gasteiger partial charge is 0.275 e. The molecule has 34 heavy (non-hydrogen) atoms. The van der Waals surface area contributed by atoms with Crippen LogP contribution in [0.4, 0.5) is 11.4 Å². The summed E-state index contributed by atoms with van der Waals surface area (Å²) in [5.74, 6) is 1.40. The monoisotopic (exact) mass is 462 g/mol. The van der Waals surface area contributed by atoms with Crippen molar-refractivity contribution in [3.8, 4) is 11.5 Å². The Morgan fingerprint density at radius 3 is 2.68 bits per heavy atom. The lowest BCUT2D eigenvalue weighted by molar-refractivity contribution is -0.121. The fraction of sp³-hybridized carbons (Fsp3) is 0.320. The summed E-state index contributed by atoms with van der Waals surface area (Å²) in [6.45, 7) is 4.55. The minimum absolute atomic E-state index is 0.0426. The molecule has 1 fully saturated rings. The maximum atomic E-state index is 13.0. The molecule has 0 aliphatic carbocycles. The van der Waals surface area contributed by atoms with Gasteiger partial charge in [0.2, 0.25) is 5.89 Å². The van der Waals surface area contributed by atoms with E-state index < -0.39 is 0 Å². The van der Waals surface area contributed by atoms with Crippen molar-refractivity contribution in [1.82, 2.24) is 9.88 Å². The van der Waals surface area contributed by atoms with Gasteiger partial charge in [-0.1, -0.05) is 18.2 Å². The van der Waals surface area contributed by atoms with E-state index in [-0.39, 0.29) is 30.7 Å². The molecule has 2 amide bonds. The van der Waals surface area contributed by atoms with Crippen LogP contribution >= 0.6 is 0 Å². The lowest BCUT2D eigenvalue weighted by Crippen LogP contribution is -2.49. The second kappa shape index (κ2) is 9.09. The average molecular weight is 463 g/mol. The van der Waals surface area contributed by atoms with Gasteiger partial charge < -0.3 is 23.7 Å². The van der Waals surface area contributed by atoms with Gasteiger partial charge in [0.25, 0.3) is 11.8 Å².